The van der Waals surface area contributed by atoms with Crippen LogP contribution >= 0.6 is 11.8 Å². The summed E-state index contributed by atoms with van der Waals surface area (Å²) in [6.45, 7) is 1.94. The molecule has 2 aromatic rings. The Morgan fingerprint density at radius 2 is 2.00 bits per heavy atom. The SMILES string of the molecule is Cc1cnc(SCCC(=O)Nc2ccccc2N)nc1. The third-order valence-corrected chi connectivity index (χ3v) is 3.43. The van der Waals surface area contributed by atoms with Crippen LogP contribution in [0.5, 0.6) is 0 Å². The predicted molar refractivity (Wildman–Crippen MR) is 81.6 cm³/mol. The molecule has 0 saturated carbocycles. The molecule has 0 saturated heterocycles. The highest BCUT2D eigenvalue weighted by Gasteiger charge is 2.05. The van der Waals surface area contributed by atoms with Crippen molar-refractivity contribution in [2.24, 2.45) is 0 Å². The fraction of sp³-hybridized carbons (Fsp3) is 0.214. The highest BCUT2D eigenvalue weighted by molar-refractivity contribution is 7.99. The molecular formula is C14H16N4OS. The van der Waals surface area contributed by atoms with Crippen molar-refractivity contribution < 1.29 is 4.79 Å². The van der Waals surface area contributed by atoms with Gasteiger partial charge in [0, 0.05) is 24.6 Å². The fourth-order valence-corrected chi connectivity index (χ4v) is 2.24. The number of hydrogen-bond donors (Lipinski definition) is 2. The van der Waals surface area contributed by atoms with E-state index in [0.717, 1.165) is 5.56 Å². The van der Waals surface area contributed by atoms with E-state index in [1.165, 1.54) is 11.8 Å². The quantitative estimate of drug-likeness (QED) is 0.502. The second-order valence-electron chi connectivity index (χ2n) is 4.28. The van der Waals surface area contributed by atoms with E-state index in [1.807, 2.05) is 19.1 Å². The lowest BCUT2D eigenvalue weighted by molar-refractivity contribution is -0.115. The Labute approximate surface area is 122 Å². The molecule has 0 aliphatic heterocycles. The van der Waals surface area contributed by atoms with Crippen LogP contribution in [-0.2, 0) is 4.79 Å². The van der Waals surface area contributed by atoms with Crippen LogP contribution in [0, 0.1) is 6.92 Å². The number of nitrogens with zero attached hydrogens (tertiary/aromatic N) is 2. The Morgan fingerprint density at radius 1 is 1.30 bits per heavy atom. The lowest BCUT2D eigenvalue weighted by Gasteiger charge is -2.07. The summed E-state index contributed by atoms with van der Waals surface area (Å²) in [6.07, 6.45) is 3.91. The molecule has 20 heavy (non-hydrogen) atoms. The predicted octanol–water partition coefficient (Wildman–Crippen LogP) is 2.49. The lowest BCUT2D eigenvalue weighted by atomic mass is 10.2. The molecule has 1 aromatic heterocycles. The van der Waals surface area contributed by atoms with E-state index in [-0.39, 0.29) is 5.91 Å². The highest BCUT2D eigenvalue weighted by atomic mass is 32.2. The van der Waals surface area contributed by atoms with Crippen LogP contribution in [-0.4, -0.2) is 21.6 Å². The number of rotatable bonds is 5. The van der Waals surface area contributed by atoms with Crippen LogP contribution in [0.4, 0.5) is 11.4 Å². The normalized spacial score (nSPS) is 10.2. The minimum Gasteiger partial charge on any atom is -0.397 e. The molecule has 0 fully saturated rings. The zero-order valence-electron chi connectivity index (χ0n) is 11.2. The molecule has 0 atom stereocenters. The molecule has 0 radical (unpaired) electrons. The summed E-state index contributed by atoms with van der Waals surface area (Å²) in [5.74, 6) is 0.560. The van der Waals surface area contributed by atoms with E-state index in [1.54, 1.807) is 24.5 Å². The summed E-state index contributed by atoms with van der Waals surface area (Å²) in [7, 11) is 0. The molecule has 1 aromatic carbocycles. The number of carbonyl (C=O) groups is 1. The van der Waals surface area contributed by atoms with Crippen molar-refractivity contribution in [2.75, 3.05) is 16.8 Å². The molecule has 0 spiro atoms. The van der Waals surface area contributed by atoms with Gasteiger partial charge >= 0.3 is 0 Å². The number of benzene rings is 1. The molecule has 3 N–H and O–H groups in total. The summed E-state index contributed by atoms with van der Waals surface area (Å²) in [4.78, 5) is 20.1. The van der Waals surface area contributed by atoms with E-state index in [0.29, 0.717) is 28.7 Å². The third-order valence-electron chi connectivity index (χ3n) is 2.55. The van der Waals surface area contributed by atoms with Gasteiger partial charge in [-0.15, -0.1) is 0 Å². The molecule has 0 aliphatic carbocycles. The Morgan fingerprint density at radius 3 is 2.70 bits per heavy atom. The number of amides is 1. The van der Waals surface area contributed by atoms with Gasteiger partial charge in [0.05, 0.1) is 11.4 Å². The number of nitrogen functional groups attached to an aromatic ring is 1. The third kappa shape index (κ3) is 4.24. The van der Waals surface area contributed by atoms with Gasteiger partial charge in [-0.25, -0.2) is 9.97 Å². The zero-order valence-corrected chi connectivity index (χ0v) is 12.0. The maximum atomic E-state index is 11.8. The highest BCUT2D eigenvalue weighted by Crippen LogP contribution is 2.18. The standard InChI is InChI=1S/C14H16N4OS/c1-10-8-16-14(17-9-10)20-7-6-13(19)18-12-5-3-2-4-11(12)15/h2-5,8-9H,6-7,15H2,1H3,(H,18,19). The van der Waals surface area contributed by atoms with E-state index in [2.05, 4.69) is 15.3 Å². The van der Waals surface area contributed by atoms with Gasteiger partial charge < -0.3 is 11.1 Å². The first-order valence-corrected chi connectivity index (χ1v) is 7.19. The first-order chi connectivity index (χ1) is 9.65. The minimum absolute atomic E-state index is 0.0671. The van der Waals surface area contributed by atoms with E-state index >= 15 is 0 Å². The monoisotopic (exact) mass is 288 g/mol. The van der Waals surface area contributed by atoms with E-state index in [4.69, 9.17) is 5.73 Å². The first kappa shape index (κ1) is 14.3. The molecule has 2 rings (SSSR count). The van der Waals surface area contributed by atoms with Gasteiger partial charge in [0.2, 0.25) is 5.91 Å². The number of nitrogens with two attached hydrogens (primary N) is 1. The summed E-state index contributed by atoms with van der Waals surface area (Å²) in [6, 6.07) is 7.20. The zero-order chi connectivity index (χ0) is 14.4. The van der Waals surface area contributed by atoms with Crippen molar-refractivity contribution in [3.8, 4) is 0 Å². The van der Waals surface area contributed by atoms with Crippen LogP contribution in [0.15, 0.2) is 41.8 Å². The number of nitrogens with one attached hydrogen (secondary N) is 1. The summed E-state index contributed by atoms with van der Waals surface area (Å²) in [5, 5.41) is 3.47. The summed E-state index contributed by atoms with van der Waals surface area (Å²) < 4.78 is 0. The Hall–Kier alpha value is -2.08. The van der Waals surface area contributed by atoms with Crippen LogP contribution in [0.3, 0.4) is 0 Å². The van der Waals surface area contributed by atoms with Gasteiger partial charge in [-0.2, -0.15) is 0 Å². The number of para-hydroxylation sites is 2. The molecule has 0 aliphatic rings. The first-order valence-electron chi connectivity index (χ1n) is 6.21. The molecule has 0 unspecified atom stereocenters. The number of aryl methyl sites for hydroxylation is 1. The van der Waals surface area contributed by atoms with Crippen LogP contribution < -0.4 is 11.1 Å². The Bertz CT molecular complexity index is 586. The number of thioether (sulfide) groups is 1. The number of aromatic nitrogens is 2. The smallest absolute Gasteiger partial charge is 0.225 e. The fourth-order valence-electron chi connectivity index (χ4n) is 1.51. The second kappa shape index (κ2) is 6.91. The van der Waals surface area contributed by atoms with Crippen molar-refractivity contribution in [2.45, 2.75) is 18.5 Å². The van der Waals surface area contributed by atoms with Crippen molar-refractivity contribution in [3.05, 3.63) is 42.2 Å². The lowest BCUT2D eigenvalue weighted by Crippen LogP contribution is -2.13. The van der Waals surface area contributed by atoms with Crippen LogP contribution in [0.2, 0.25) is 0 Å². The number of anilines is 2. The molecule has 6 heteroatoms. The summed E-state index contributed by atoms with van der Waals surface area (Å²) in [5.41, 5.74) is 8.00. The molecule has 5 nitrogen and oxygen atoms in total. The molecular weight excluding hydrogens is 272 g/mol. The van der Waals surface area contributed by atoms with Gasteiger partial charge in [0.25, 0.3) is 0 Å². The second-order valence-corrected chi connectivity index (χ2v) is 5.34. The molecule has 1 heterocycles. The van der Waals surface area contributed by atoms with Crippen molar-refractivity contribution in [3.63, 3.8) is 0 Å². The average molecular weight is 288 g/mol. The Kier molecular flexibility index (Phi) is 4.95. The van der Waals surface area contributed by atoms with Gasteiger partial charge in [-0.1, -0.05) is 23.9 Å². The summed E-state index contributed by atoms with van der Waals surface area (Å²) >= 11 is 1.46. The van der Waals surface area contributed by atoms with Gasteiger partial charge in [-0.3, -0.25) is 4.79 Å². The largest absolute Gasteiger partial charge is 0.397 e. The maximum absolute atomic E-state index is 11.8. The van der Waals surface area contributed by atoms with E-state index < -0.39 is 0 Å². The molecule has 0 bridgehead atoms. The van der Waals surface area contributed by atoms with Gasteiger partial charge in [-0.05, 0) is 24.6 Å². The Balaban J connectivity index is 1.78. The average Bonchev–Trinajstić information content (AvgIpc) is 2.44. The number of hydrogen-bond acceptors (Lipinski definition) is 5. The number of carbonyl (C=O) groups excluding carboxylic acids is 1. The van der Waals surface area contributed by atoms with Crippen molar-refractivity contribution in [1.29, 1.82) is 0 Å². The maximum Gasteiger partial charge on any atom is 0.225 e. The van der Waals surface area contributed by atoms with Crippen LogP contribution in [0.25, 0.3) is 0 Å². The molecule has 1 amide bonds. The van der Waals surface area contributed by atoms with Crippen molar-refractivity contribution >= 4 is 29.0 Å². The molecule has 104 valence electrons. The topological polar surface area (TPSA) is 80.9 Å². The minimum atomic E-state index is -0.0671. The van der Waals surface area contributed by atoms with Gasteiger partial charge in [0.1, 0.15) is 0 Å². The van der Waals surface area contributed by atoms with Gasteiger partial charge in [0.15, 0.2) is 5.16 Å². The van der Waals surface area contributed by atoms with Crippen molar-refractivity contribution in [1.82, 2.24) is 9.97 Å². The van der Waals surface area contributed by atoms with Crippen LogP contribution in [0.1, 0.15) is 12.0 Å². The van der Waals surface area contributed by atoms with E-state index in [9.17, 15) is 4.79 Å².